The van der Waals surface area contributed by atoms with E-state index in [2.05, 4.69) is 10.3 Å². The van der Waals surface area contributed by atoms with Gasteiger partial charge in [-0.25, -0.2) is 0 Å². The Morgan fingerprint density at radius 3 is 2.10 bits per heavy atom. The molecule has 3 aromatic carbocycles. The number of nitrogens with two attached hydrogens (primary N) is 1. The van der Waals surface area contributed by atoms with Crippen LogP contribution in [0.25, 0.3) is 10.8 Å². The van der Waals surface area contributed by atoms with Crippen molar-refractivity contribution < 1.29 is 5.11 Å². The molecule has 4 heteroatoms. The number of aromatic hydroxyl groups is 1. The third kappa shape index (κ3) is 3.81. The normalized spacial score (nSPS) is 10.2. The average Bonchev–Trinajstić information content (AvgIpc) is 2.49. The summed E-state index contributed by atoms with van der Waals surface area (Å²) >= 11 is 0. The third-order valence-corrected chi connectivity index (χ3v) is 2.66. The molecular formula is C16H15N3O. The molecule has 0 spiro atoms. The maximum absolute atomic E-state index is 9.13. The molecule has 0 aromatic heterocycles. The Balaban J connectivity index is 0.000000151. The summed E-state index contributed by atoms with van der Waals surface area (Å²) in [5.41, 5.74) is 0.778. The van der Waals surface area contributed by atoms with Gasteiger partial charge in [-0.2, -0.15) is 0 Å². The predicted molar refractivity (Wildman–Crippen MR) is 80.8 cm³/mol. The molecule has 0 atom stereocenters. The largest absolute Gasteiger partial charge is 0.508 e. The molecule has 0 unspecified atom stereocenters. The summed E-state index contributed by atoms with van der Waals surface area (Å²) in [6.45, 7) is 0. The lowest BCUT2D eigenvalue weighted by atomic mass is 10.1. The molecule has 0 saturated carbocycles. The maximum atomic E-state index is 9.13. The van der Waals surface area contributed by atoms with Crippen LogP contribution in [0.3, 0.4) is 0 Å². The quantitative estimate of drug-likeness (QED) is 0.393. The highest BCUT2D eigenvalue weighted by molar-refractivity contribution is 5.83. The zero-order valence-corrected chi connectivity index (χ0v) is 10.8. The molecule has 3 N–H and O–H groups in total. The minimum Gasteiger partial charge on any atom is -0.508 e. The molecule has 0 bridgehead atoms. The predicted octanol–water partition coefficient (Wildman–Crippen LogP) is 4.19. The van der Waals surface area contributed by atoms with Crippen LogP contribution in [0.5, 0.6) is 5.75 Å². The summed E-state index contributed by atoms with van der Waals surface area (Å²) in [4.78, 5) is 0. The fourth-order valence-corrected chi connectivity index (χ4v) is 1.74. The summed E-state index contributed by atoms with van der Waals surface area (Å²) in [7, 11) is 0. The first-order valence-electron chi connectivity index (χ1n) is 6.13. The lowest BCUT2D eigenvalue weighted by Gasteiger charge is -1.96. The third-order valence-electron chi connectivity index (χ3n) is 2.66. The van der Waals surface area contributed by atoms with Crippen LogP contribution in [-0.4, -0.2) is 5.11 Å². The first kappa shape index (κ1) is 13.5. The van der Waals surface area contributed by atoms with E-state index in [1.165, 1.54) is 0 Å². The number of rotatable bonds is 1. The lowest BCUT2D eigenvalue weighted by molar-refractivity contribution is 0.476. The van der Waals surface area contributed by atoms with Crippen molar-refractivity contribution in [1.29, 1.82) is 0 Å². The number of phenolic OH excluding ortho intramolecular Hbond substituents is 1. The maximum Gasteiger partial charge on any atom is 0.116 e. The van der Waals surface area contributed by atoms with Crippen LogP contribution in [0.15, 0.2) is 83.1 Å². The van der Waals surface area contributed by atoms with Crippen LogP contribution in [0.2, 0.25) is 0 Å². The van der Waals surface area contributed by atoms with Gasteiger partial charge in [0.05, 0.1) is 5.69 Å². The van der Waals surface area contributed by atoms with E-state index in [1.807, 2.05) is 60.7 Å². The van der Waals surface area contributed by atoms with E-state index in [0.29, 0.717) is 5.75 Å². The van der Waals surface area contributed by atoms with Gasteiger partial charge in [0.1, 0.15) is 5.75 Å². The SMILES string of the molecule is N/N=N/c1ccccc1.Oc1ccc2ccccc2c1. The van der Waals surface area contributed by atoms with E-state index in [-0.39, 0.29) is 0 Å². The number of phenols is 1. The number of hydrogen-bond donors (Lipinski definition) is 2. The van der Waals surface area contributed by atoms with Crippen molar-refractivity contribution in [2.24, 2.45) is 16.2 Å². The van der Waals surface area contributed by atoms with Crippen molar-refractivity contribution in [3.05, 3.63) is 72.8 Å². The molecule has 20 heavy (non-hydrogen) atoms. The van der Waals surface area contributed by atoms with Gasteiger partial charge in [0.2, 0.25) is 0 Å². The van der Waals surface area contributed by atoms with Crippen molar-refractivity contribution in [3.63, 3.8) is 0 Å². The van der Waals surface area contributed by atoms with E-state index < -0.39 is 0 Å². The van der Waals surface area contributed by atoms with E-state index in [9.17, 15) is 0 Å². The molecule has 0 amide bonds. The zero-order chi connectivity index (χ0) is 14.2. The van der Waals surface area contributed by atoms with E-state index in [0.717, 1.165) is 16.5 Å². The lowest BCUT2D eigenvalue weighted by Crippen LogP contribution is -1.72. The number of hydrogen-bond acceptors (Lipinski definition) is 3. The second kappa shape index (κ2) is 6.89. The van der Waals surface area contributed by atoms with Crippen molar-refractivity contribution in [1.82, 2.24) is 0 Å². The van der Waals surface area contributed by atoms with Crippen LogP contribution in [-0.2, 0) is 0 Å². The highest BCUT2D eigenvalue weighted by atomic mass is 16.3. The molecule has 0 fully saturated rings. The first-order valence-corrected chi connectivity index (χ1v) is 6.13. The minimum atomic E-state index is 0.323. The average molecular weight is 265 g/mol. The number of benzene rings is 3. The van der Waals surface area contributed by atoms with E-state index in [1.54, 1.807) is 12.1 Å². The number of nitrogens with zero attached hydrogens (tertiary/aromatic N) is 2. The van der Waals surface area contributed by atoms with Crippen molar-refractivity contribution in [3.8, 4) is 5.75 Å². The summed E-state index contributed by atoms with van der Waals surface area (Å²) in [5.74, 6) is 5.14. The second-order valence-electron chi connectivity index (χ2n) is 4.08. The van der Waals surface area contributed by atoms with Gasteiger partial charge >= 0.3 is 0 Å². The van der Waals surface area contributed by atoms with Gasteiger partial charge in [0.25, 0.3) is 0 Å². The van der Waals surface area contributed by atoms with Gasteiger partial charge in [-0.3, -0.25) is 0 Å². The molecule has 0 heterocycles. The van der Waals surface area contributed by atoms with Gasteiger partial charge < -0.3 is 10.9 Å². The molecule has 0 aliphatic rings. The first-order chi connectivity index (χ1) is 9.79. The van der Waals surface area contributed by atoms with Crippen molar-refractivity contribution in [2.75, 3.05) is 0 Å². The smallest absolute Gasteiger partial charge is 0.116 e. The molecule has 3 aromatic rings. The summed E-state index contributed by atoms with van der Waals surface area (Å²) in [6.07, 6.45) is 0. The molecule has 3 rings (SSSR count). The Hall–Kier alpha value is -2.88. The Labute approximate surface area is 117 Å². The summed E-state index contributed by atoms with van der Waals surface area (Å²) < 4.78 is 0. The molecular weight excluding hydrogens is 250 g/mol. The van der Waals surface area contributed by atoms with Gasteiger partial charge in [-0.1, -0.05) is 53.8 Å². The summed E-state index contributed by atoms with van der Waals surface area (Å²) in [5, 5.41) is 18.1. The van der Waals surface area contributed by atoms with Crippen LogP contribution in [0.1, 0.15) is 0 Å². The van der Waals surface area contributed by atoms with Crippen molar-refractivity contribution >= 4 is 16.5 Å². The molecule has 100 valence electrons. The molecule has 4 nitrogen and oxygen atoms in total. The van der Waals surface area contributed by atoms with Gasteiger partial charge in [-0.05, 0) is 35.0 Å². The Morgan fingerprint density at radius 2 is 1.40 bits per heavy atom. The highest BCUT2D eigenvalue weighted by Gasteiger charge is 1.91. The van der Waals surface area contributed by atoms with E-state index >= 15 is 0 Å². The zero-order valence-electron chi connectivity index (χ0n) is 10.8. The van der Waals surface area contributed by atoms with E-state index in [4.69, 9.17) is 10.9 Å². The second-order valence-corrected chi connectivity index (χ2v) is 4.08. The molecule has 0 aliphatic carbocycles. The molecule has 0 saturated heterocycles. The van der Waals surface area contributed by atoms with Gasteiger partial charge in [0.15, 0.2) is 0 Å². The summed E-state index contributed by atoms with van der Waals surface area (Å²) in [6, 6.07) is 22.6. The standard InChI is InChI=1S/C10H8O.C6H7N3/c11-10-6-5-8-3-1-2-4-9(8)7-10;7-9-8-6-4-2-1-3-5-6/h1-7,11H;1-5H,(H2,7,8). The Morgan fingerprint density at radius 1 is 0.750 bits per heavy atom. The van der Waals surface area contributed by atoms with Crippen LogP contribution in [0, 0.1) is 0 Å². The van der Waals surface area contributed by atoms with Crippen LogP contribution >= 0.6 is 0 Å². The fraction of sp³-hybridized carbons (Fsp3) is 0. The molecule has 0 radical (unpaired) electrons. The van der Waals surface area contributed by atoms with Gasteiger partial charge in [-0.15, -0.1) is 5.11 Å². The highest BCUT2D eigenvalue weighted by Crippen LogP contribution is 2.18. The fourth-order valence-electron chi connectivity index (χ4n) is 1.74. The van der Waals surface area contributed by atoms with Crippen molar-refractivity contribution in [2.45, 2.75) is 0 Å². The van der Waals surface area contributed by atoms with Crippen LogP contribution in [0.4, 0.5) is 5.69 Å². The Kier molecular flexibility index (Phi) is 4.67. The molecule has 0 aliphatic heterocycles. The number of fused-ring (bicyclic) bond motifs is 1. The minimum absolute atomic E-state index is 0.323. The monoisotopic (exact) mass is 265 g/mol. The Bertz CT molecular complexity index is 696. The van der Waals surface area contributed by atoms with Crippen LogP contribution < -0.4 is 5.84 Å². The topological polar surface area (TPSA) is 71.0 Å². The van der Waals surface area contributed by atoms with Gasteiger partial charge in [0, 0.05) is 0 Å².